The van der Waals surface area contributed by atoms with Gasteiger partial charge in [0.2, 0.25) is 5.91 Å². The van der Waals surface area contributed by atoms with Crippen LogP contribution in [0.25, 0.3) is 0 Å². The Morgan fingerprint density at radius 3 is 2.47 bits per heavy atom. The number of allylic oxidation sites excluding steroid dienone is 1. The number of aliphatic carboxylic acids is 1. The Kier molecular flexibility index (Phi) is 7.05. The molecule has 86 valence electrons. The van der Waals surface area contributed by atoms with Gasteiger partial charge in [0, 0.05) is 12.5 Å². The van der Waals surface area contributed by atoms with Crippen LogP contribution in [-0.4, -0.2) is 28.6 Å². The minimum absolute atomic E-state index is 0.00802. The number of amides is 1. The molecule has 15 heavy (non-hydrogen) atoms. The van der Waals surface area contributed by atoms with Crippen molar-refractivity contribution in [1.82, 2.24) is 5.32 Å². The number of hydrogen-bond donors (Lipinski definition) is 3. The standard InChI is InChI=1S/C10H17NO4/c1-2-3-4-5-8(12)6-9(13)11-7-10(14)15/h6,12H,2-5,7H2,1H3,(H,11,13)(H,14,15)/b8-6-. The van der Waals surface area contributed by atoms with Crippen molar-refractivity contribution >= 4 is 11.9 Å². The summed E-state index contributed by atoms with van der Waals surface area (Å²) >= 11 is 0. The number of aliphatic hydroxyl groups excluding tert-OH is 1. The summed E-state index contributed by atoms with van der Waals surface area (Å²) in [5.74, 6) is -1.69. The average molecular weight is 215 g/mol. The van der Waals surface area contributed by atoms with Crippen LogP contribution in [0.15, 0.2) is 11.8 Å². The third-order valence-electron chi connectivity index (χ3n) is 1.75. The minimum Gasteiger partial charge on any atom is -0.512 e. The Bertz CT molecular complexity index is 248. The van der Waals surface area contributed by atoms with Crippen molar-refractivity contribution in [2.45, 2.75) is 32.6 Å². The van der Waals surface area contributed by atoms with E-state index in [9.17, 15) is 14.7 Å². The number of rotatable bonds is 7. The molecule has 5 heteroatoms. The van der Waals surface area contributed by atoms with Gasteiger partial charge in [0.25, 0.3) is 0 Å². The molecule has 0 aliphatic carbocycles. The Hall–Kier alpha value is -1.52. The molecular weight excluding hydrogens is 198 g/mol. The molecule has 0 aromatic carbocycles. The van der Waals surface area contributed by atoms with E-state index in [0.717, 1.165) is 25.3 Å². The average Bonchev–Trinajstić information content (AvgIpc) is 2.15. The fourth-order valence-corrected chi connectivity index (χ4v) is 0.993. The molecule has 3 N–H and O–H groups in total. The van der Waals surface area contributed by atoms with Gasteiger partial charge in [0.1, 0.15) is 6.54 Å². The zero-order valence-electron chi connectivity index (χ0n) is 8.82. The molecule has 0 unspecified atom stereocenters. The van der Waals surface area contributed by atoms with Crippen LogP contribution in [0.2, 0.25) is 0 Å². The van der Waals surface area contributed by atoms with Gasteiger partial charge in [0.15, 0.2) is 0 Å². The van der Waals surface area contributed by atoms with Crippen LogP contribution >= 0.6 is 0 Å². The third-order valence-corrected chi connectivity index (χ3v) is 1.75. The zero-order valence-corrected chi connectivity index (χ0v) is 8.82. The van der Waals surface area contributed by atoms with Crippen molar-refractivity contribution in [2.24, 2.45) is 0 Å². The van der Waals surface area contributed by atoms with Gasteiger partial charge in [-0.1, -0.05) is 19.8 Å². The first-order valence-corrected chi connectivity index (χ1v) is 4.95. The summed E-state index contributed by atoms with van der Waals surface area (Å²) in [4.78, 5) is 21.1. The van der Waals surface area contributed by atoms with Gasteiger partial charge in [-0.3, -0.25) is 9.59 Å². The fourth-order valence-electron chi connectivity index (χ4n) is 0.993. The zero-order chi connectivity index (χ0) is 11.7. The molecule has 0 aliphatic heterocycles. The van der Waals surface area contributed by atoms with Crippen LogP contribution in [0.1, 0.15) is 32.6 Å². The number of carbonyl (C=O) groups is 2. The summed E-state index contributed by atoms with van der Waals surface area (Å²) in [6.07, 6.45) is 4.34. The number of carboxylic acid groups (broad SMARTS) is 1. The van der Waals surface area contributed by atoms with Gasteiger partial charge in [-0.05, 0) is 6.42 Å². The summed E-state index contributed by atoms with van der Waals surface area (Å²) in [5.41, 5.74) is 0. The minimum atomic E-state index is -1.11. The third kappa shape index (κ3) is 8.80. The molecule has 0 atom stereocenters. The molecule has 0 aliphatic rings. The van der Waals surface area contributed by atoms with E-state index >= 15 is 0 Å². The number of nitrogens with one attached hydrogen (secondary N) is 1. The van der Waals surface area contributed by atoms with Gasteiger partial charge in [-0.15, -0.1) is 0 Å². The van der Waals surface area contributed by atoms with Gasteiger partial charge >= 0.3 is 5.97 Å². The molecule has 5 nitrogen and oxygen atoms in total. The maximum Gasteiger partial charge on any atom is 0.322 e. The van der Waals surface area contributed by atoms with E-state index in [4.69, 9.17) is 5.11 Å². The van der Waals surface area contributed by atoms with Crippen molar-refractivity contribution in [3.8, 4) is 0 Å². The van der Waals surface area contributed by atoms with Crippen LogP contribution in [0.3, 0.4) is 0 Å². The second-order valence-corrected chi connectivity index (χ2v) is 3.20. The summed E-state index contributed by atoms with van der Waals surface area (Å²) in [5, 5.41) is 19.7. The van der Waals surface area contributed by atoms with E-state index in [0.29, 0.717) is 6.42 Å². The molecule has 0 bridgehead atoms. The Balaban J connectivity index is 3.79. The number of carboxylic acids is 1. The normalized spacial score (nSPS) is 11.1. The quantitative estimate of drug-likeness (QED) is 0.338. The lowest BCUT2D eigenvalue weighted by Crippen LogP contribution is -2.27. The van der Waals surface area contributed by atoms with Gasteiger partial charge in [-0.25, -0.2) is 0 Å². The number of carbonyl (C=O) groups excluding carboxylic acids is 1. The lowest BCUT2D eigenvalue weighted by Gasteiger charge is -2.00. The molecule has 0 spiro atoms. The highest BCUT2D eigenvalue weighted by atomic mass is 16.4. The smallest absolute Gasteiger partial charge is 0.322 e. The molecule has 0 aromatic rings. The lowest BCUT2D eigenvalue weighted by atomic mass is 10.2. The van der Waals surface area contributed by atoms with Crippen LogP contribution in [0.5, 0.6) is 0 Å². The SMILES string of the molecule is CCCCC/C(O)=C/C(=O)NCC(=O)O. The summed E-state index contributed by atoms with van der Waals surface area (Å²) in [6, 6.07) is 0. The second-order valence-electron chi connectivity index (χ2n) is 3.20. The van der Waals surface area contributed by atoms with E-state index in [-0.39, 0.29) is 5.76 Å². The first kappa shape index (κ1) is 13.5. The largest absolute Gasteiger partial charge is 0.512 e. The molecule has 0 aromatic heterocycles. The van der Waals surface area contributed by atoms with Gasteiger partial charge < -0.3 is 15.5 Å². The second kappa shape index (κ2) is 7.84. The van der Waals surface area contributed by atoms with Crippen molar-refractivity contribution in [3.63, 3.8) is 0 Å². The van der Waals surface area contributed by atoms with E-state index < -0.39 is 18.4 Å². The first-order valence-electron chi connectivity index (χ1n) is 4.95. The molecule has 1 amide bonds. The number of aliphatic hydroxyl groups is 1. The van der Waals surface area contributed by atoms with Crippen LogP contribution in [0.4, 0.5) is 0 Å². The number of hydrogen-bond acceptors (Lipinski definition) is 3. The molecule has 0 heterocycles. The maximum absolute atomic E-state index is 11.0. The summed E-state index contributed by atoms with van der Waals surface area (Å²) < 4.78 is 0. The van der Waals surface area contributed by atoms with Crippen LogP contribution in [0, 0.1) is 0 Å². The monoisotopic (exact) mass is 215 g/mol. The molecule has 0 fully saturated rings. The van der Waals surface area contributed by atoms with Crippen molar-refractivity contribution < 1.29 is 19.8 Å². The highest BCUT2D eigenvalue weighted by molar-refractivity contribution is 5.90. The first-order chi connectivity index (χ1) is 7.06. The highest BCUT2D eigenvalue weighted by Crippen LogP contribution is 2.05. The van der Waals surface area contributed by atoms with E-state index in [2.05, 4.69) is 5.32 Å². The van der Waals surface area contributed by atoms with Crippen LogP contribution in [-0.2, 0) is 9.59 Å². The molecule has 0 rings (SSSR count). The molecule has 0 radical (unpaired) electrons. The molecule has 0 saturated heterocycles. The summed E-state index contributed by atoms with van der Waals surface area (Å²) in [6.45, 7) is 1.61. The van der Waals surface area contributed by atoms with Crippen molar-refractivity contribution in [3.05, 3.63) is 11.8 Å². The van der Waals surface area contributed by atoms with Crippen molar-refractivity contribution in [2.75, 3.05) is 6.54 Å². The predicted molar refractivity (Wildman–Crippen MR) is 55.5 cm³/mol. The van der Waals surface area contributed by atoms with Gasteiger partial charge in [0.05, 0.1) is 5.76 Å². The Morgan fingerprint density at radius 1 is 1.27 bits per heavy atom. The number of unbranched alkanes of at least 4 members (excludes halogenated alkanes) is 2. The van der Waals surface area contributed by atoms with Crippen LogP contribution < -0.4 is 5.32 Å². The van der Waals surface area contributed by atoms with E-state index in [1.54, 1.807) is 0 Å². The lowest BCUT2D eigenvalue weighted by molar-refractivity contribution is -0.137. The molecule has 0 saturated carbocycles. The predicted octanol–water partition coefficient (Wildman–Crippen LogP) is 1.21. The Labute approximate surface area is 88.8 Å². The van der Waals surface area contributed by atoms with Crippen molar-refractivity contribution in [1.29, 1.82) is 0 Å². The fraction of sp³-hybridized carbons (Fsp3) is 0.600. The molecular formula is C10H17NO4. The Morgan fingerprint density at radius 2 is 1.93 bits per heavy atom. The van der Waals surface area contributed by atoms with E-state index in [1.807, 2.05) is 6.92 Å². The van der Waals surface area contributed by atoms with E-state index in [1.165, 1.54) is 0 Å². The highest BCUT2D eigenvalue weighted by Gasteiger charge is 2.02. The van der Waals surface area contributed by atoms with Gasteiger partial charge in [-0.2, -0.15) is 0 Å². The summed E-state index contributed by atoms with van der Waals surface area (Å²) in [7, 11) is 0. The maximum atomic E-state index is 11.0. The topological polar surface area (TPSA) is 86.6 Å².